The van der Waals surface area contributed by atoms with E-state index in [-0.39, 0.29) is 10.7 Å². The van der Waals surface area contributed by atoms with Crippen molar-refractivity contribution in [3.05, 3.63) is 73.0 Å². The number of thiocarbonyl (C=S) groups is 1. The van der Waals surface area contributed by atoms with Crippen LogP contribution in [0.2, 0.25) is 0 Å². The van der Waals surface area contributed by atoms with E-state index in [9.17, 15) is 15.2 Å². The summed E-state index contributed by atoms with van der Waals surface area (Å²) in [6, 6.07) is 15.1. The number of nitriles is 1. The number of carbonyl (C=O) groups is 1. The fraction of sp³-hybridized carbons (Fsp3) is 0.148. The number of aryl methyl sites for hydroxylation is 2. The first-order valence-electron chi connectivity index (χ1n) is 11.6. The van der Waals surface area contributed by atoms with Crippen molar-refractivity contribution in [3.8, 4) is 23.1 Å². The molecule has 0 bridgehead atoms. The smallest absolute Gasteiger partial charge is 0.284 e. The minimum atomic E-state index is -0.601. The van der Waals surface area contributed by atoms with Gasteiger partial charge in [0, 0.05) is 25.9 Å². The van der Waals surface area contributed by atoms with Gasteiger partial charge in [0.15, 0.2) is 4.99 Å². The quantitative estimate of drug-likeness (QED) is 0.125. The van der Waals surface area contributed by atoms with Crippen LogP contribution in [0.4, 0.5) is 5.69 Å². The predicted octanol–water partition coefficient (Wildman–Crippen LogP) is 6.83. The Bertz CT molecular complexity index is 1660. The number of thiophene rings is 1. The first kappa shape index (κ1) is 26.4. The third-order valence-electron chi connectivity index (χ3n) is 6.13. The summed E-state index contributed by atoms with van der Waals surface area (Å²) >= 11 is 13.5. The van der Waals surface area contributed by atoms with Crippen molar-refractivity contribution in [2.45, 2.75) is 25.7 Å². The fourth-order valence-corrected chi connectivity index (χ4v) is 7.03. The number of nitrogens with zero attached hydrogens (tertiary/aromatic N) is 3. The number of hydrogen-bond acceptors (Lipinski definition) is 7. The number of anilines is 1. The molecule has 0 saturated heterocycles. The average Bonchev–Trinajstić information content (AvgIpc) is 3.30. The molecule has 5 rings (SSSR count). The molecule has 0 fully saturated rings. The summed E-state index contributed by atoms with van der Waals surface area (Å²) in [6.45, 7) is 0. The van der Waals surface area contributed by atoms with E-state index in [4.69, 9.17) is 17.2 Å². The van der Waals surface area contributed by atoms with E-state index < -0.39 is 5.91 Å². The molecule has 2 aromatic heterocycles. The van der Waals surface area contributed by atoms with Crippen LogP contribution < -0.4 is 10.7 Å². The summed E-state index contributed by atoms with van der Waals surface area (Å²) in [5.41, 5.74) is 6.13. The zero-order valence-corrected chi connectivity index (χ0v) is 24.5. The Morgan fingerprint density at radius 3 is 2.74 bits per heavy atom. The number of aromatic nitrogens is 1. The number of phenols is 1. The SMILES string of the molecule is N#Cc1c(-c2ccccc2)nc2sc3c(c2c1NC(=O)C(=S)NN=Cc1cc(Br)cc(Br)c1O)CCCC3. The Kier molecular flexibility index (Phi) is 7.85. The molecule has 0 unspecified atom stereocenters. The molecule has 0 radical (unpaired) electrons. The van der Waals surface area contributed by atoms with Gasteiger partial charge in [0.05, 0.1) is 22.1 Å². The van der Waals surface area contributed by atoms with Crippen LogP contribution in [-0.4, -0.2) is 27.2 Å². The van der Waals surface area contributed by atoms with E-state index in [2.05, 4.69) is 53.8 Å². The van der Waals surface area contributed by atoms with Gasteiger partial charge in [-0.25, -0.2) is 4.98 Å². The van der Waals surface area contributed by atoms with Crippen LogP contribution in [-0.2, 0) is 17.6 Å². The number of amides is 1. The maximum absolute atomic E-state index is 13.2. The Labute approximate surface area is 244 Å². The number of rotatable bonds is 4. The van der Waals surface area contributed by atoms with Crippen LogP contribution in [0.1, 0.15) is 34.4 Å². The number of halogens is 2. The van der Waals surface area contributed by atoms with Crippen LogP contribution in [0, 0.1) is 11.3 Å². The Morgan fingerprint density at radius 1 is 1.21 bits per heavy atom. The summed E-state index contributed by atoms with van der Waals surface area (Å²) in [5.74, 6) is -0.599. The highest BCUT2D eigenvalue weighted by atomic mass is 79.9. The summed E-state index contributed by atoms with van der Waals surface area (Å²) in [6.07, 6.45) is 5.34. The van der Waals surface area contributed by atoms with Gasteiger partial charge in [0.1, 0.15) is 22.2 Å². The van der Waals surface area contributed by atoms with Gasteiger partial charge in [-0.15, -0.1) is 11.3 Å². The second kappa shape index (κ2) is 11.3. The fourth-order valence-electron chi connectivity index (χ4n) is 4.39. The van der Waals surface area contributed by atoms with Crippen molar-refractivity contribution in [1.29, 1.82) is 5.26 Å². The van der Waals surface area contributed by atoms with Gasteiger partial charge >= 0.3 is 0 Å². The number of fused-ring (bicyclic) bond motifs is 3. The molecular weight excluding hydrogens is 650 g/mol. The maximum Gasteiger partial charge on any atom is 0.284 e. The van der Waals surface area contributed by atoms with Gasteiger partial charge in [-0.2, -0.15) is 10.4 Å². The van der Waals surface area contributed by atoms with Crippen molar-refractivity contribution in [3.63, 3.8) is 0 Å². The van der Waals surface area contributed by atoms with E-state index in [0.29, 0.717) is 27.0 Å². The monoisotopic (exact) mass is 667 g/mol. The second-order valence-corrected chi connectivity index (χ2v) is 11.8. The van der Waals surface area contributed by atoms with Gasteiger partial charge in [0.2, 0.25) is 0 Å². The van der Waals surface area contributed by atoms with E-state index in [1.54, 1.807) is 23.5 Å². The number of pyridine rings is 1. The van der Waals surface area contributed by atoms with E-state index in [1.807, 2.05) is 30.3 Å². The van der Waals surface area contributed by atoms with Crippen LogP contribution in [0.3, 0.4) is 0 Å². The van der Waals surface area contributed by atoms with Crippen LogP contribution in [0.25, 0.3) is 21.5 Å². The number of nitrogens with one attached hydrogen (secondary N) is 2. The van der Waals surface area contributed by atoms with Crippen molar-refractivity contribution in [2.24, 2.45) is 5.10 Å². The Hall–Kier alpha value is -3.17. The molecule has 0 aliphatic heterocycles. The number of aromatic hydroxyl groups is 1. The minimum absolute atomic E-state index is 0.00244. The molecule has 38 heavy (non-hydrogen) atoms. The highest BCUT2D eigenvalue weighted by molar-refractivity contribution is 9.11. The highest BCUT2D eigenvalue weighted by Gasteiger charge is 2.26. The van der Waals surface area contributed by atoms with Crippen LogP contribution >= 0.6 is 55.4 Å². The van der Waals surface area contributed by atoms with Gasteiger partial charge in [0.25, 0.3) is 5.91 Å². The number of hydrogen-bond donors (Lipinski definition) is 3. The molecule has 1 amide bonds. The molecule has 190 valence electrons. The van der Waals surface area contributed by atoms with E-state index in [1.165, 1.54) is 11.1 Å². The molecule has 0 saturated carbocycles. The maximum atomic E-state index is 13.2. The second-order valence-electron chi connectivity index (χ2n) is 8.56. The number of benzene rings is 2. The topological polar surface area (TPSA) is 110 Å². The van der Waals surface area contributed by atoms with Gasteiger partial charge in [-0.1, -0.05) is 58.5 Å². The summed E-state index contributed by atoms with van der Waals surface area (Å²) < 4.78 is 1.23. The van der Waals surface area contributed by atoms with Crippen molar-refractivity contribution < 1.29 is 9.90 Å². The lowest BCUT2D eigenvalue weighted by molar-refractivity contribution is -0.110. The van der Waals surface area contributed by atoms with Crippen LogP contribution in [0.15, 0.2) is 56.5 Å². The largest absolute Gasteiger partial charge is 0.506 e. The number of phenolic OH excluding ortho intramolecular Hbond substituents is 1. The third-order valence-corrected chi connectivity index (χ3v) is 8.66. The third kappa shape index (κ3) is 5.22. The Balaban J connectivity index is 1.50. The highest BCUT2D eigenvalue weighted by Crippen LogP contribution is 2.43. The van der Waals surface area contributed by atoms with Crippen molar-refractivity contribution >= 4 is 88.4 Å². The van der Waals surface area contributed by atoms with Crippen LogP contribution in [0.5, 0.6) is 5.75 Å². The molecular formula is C27H19Br2N5O2S2. The standard InChI is InChI=1S/C27H19Br2N5O2S2/c28-16-10-15(24(35)19(29)11-16)13-31-34-26(37)25(36)32-23-18(12-30)22(14-6-2-1-3-7-14)33-27-21(23)17-8-4-5-9-20(17)38-27/h1-3,6-7,10-11,13,35H,4-5,8-9H2,(H,34,37)(H,32,33,36). The summed E-state index contributed by atoms with van der Waals surface area (Å²) in [5, 5.41) is 28.1. The molecule has 2 heterocycles. The molecule has 0 spiro atoms. The van der Waals surface area contributed by atoms with E-state index in [0.717, 1.165) is 51.5 Å². The molecule has 3 N–H and O–H groups in total. The normalized spacial score (nSPS) is 12.8. The van der Waals surface area contributed by atoms with Gasteiger partial charge in [-0.05, 0) is 59.3 Å². The lowest BCUT2D eigenvalue weighted by Crippen LogP contribution is -2.31. The molecule has 1 aliphatic rings. The lowest BCUT2D eigenvalue weighted by Gasteiger charge is -2.15. The molecule has 11 heteroatoms. The molecule has 0 atom stereocenters. The number of carbonyl (C=O) groups excluding carboxylic acids is 1. The predicted molar refractivity (Wildman–Crippen MR) is 162 cm³/mol. The van der Waals surface area contributed by atoms with E-state index >= 15 is 0 Å². The first-order chi connectivity index (χ1) is 18.4. The zero-order chi connectivity index (χ0) is 26.8. The molecule has 4 aromatic rings. The Morgan fingerprint density at radius 2 is 1.97 bits per heavy atom. The molecule has 7 nitrogen and oxygen atoms in total. The number of hydrazone groups is 1. The zero-order valence-electron chi connectivity index (χ0n) is 19.7. The summed E-state index contributed by atoms with van der Waals surface area (Å²) in [4.78, 5) is 19.9. The lowest BCUT2D eigenvalue weighted by atomic mass is 9.94. The first-order valence-corrected chi connectivity index (χ1v) is 14.4. The minimum Gasteiger partial charge on any atom is -0.506 e. The average molecular weight is 669 g/mol. The van der Waals surface area contributed by atoms with Gasteiger partial charge < -0.3 is 10.4 Å². The molecule has 1 aliphatic carbocycles. The van der Waals surface area contributed by atoms with Crippen molar-refractivity contribution in [1.82, 2.24) is 10.4 Å². The molecule has 2 aromatic carbocycles. The summed E-state index contributed by atoms with van der Waals surface area (Å²) in [7, 11) is 0. The van der Waals surface area contributed by atoms with Crippen molar-refractivity contribution in [2.75, 3.05) is 5.32 Å². The van der Waals surface area contributed by atoms with Gasteiger partial charge in [-0.3, -0.25) is 10.2 Å².